The van der Waals surface area contributed by atoms with Gasteiger partial charge in [0.15, 0.2) is 6.23 Å². The van der Waals surface area contributed by atoms with E-state index in [-0.39, 0.29) is 24.2 Å². The molecule has 1 aromatic carbocycles. The number of phenols is 1. The monoisotopic (exact) mass is 1060 g/mol. The van der Waals surface area contributed by atoms with Crippen LogP contribution in [0.2, 0.25) is 0 Å². The second-order valence-electron chi connectivity index (χ2n) is 20.6. The van der Waals surface area contributed by atoms with Crippen LogP contribution in [-0.2, 0) is 38.4 Å². The quantitative estimate of drug-likeness (QED) is 0.0568. The third-order valence-corrected chi connectivity index (χ3v) is 14.3. The van der Waals surface area contributed by atoms with E-state index in [2.05, 4.69) is 47.4 Å². The topological polar surface area (TPSA) is 411 Å². The van der Waals surface area contributed by atoms with Gasteiger partial charge in [-0.15, -0.1) is 0 Å². The number of nitrogens with one attached hydrogen (secondary N) is 5. The van der Waals surface area contributed by atoms with Crippen LogP contribution in [0.5, 0.6) is 5.75 Å². The Hall–Kier alpha value is -5.54. The summed E-state index contributed by atoms with van der Waals surface area (Å²) in [6.07, 6.45) is -10.2. The molecule has 16 atom stereocenters. The first kappa shape index (κ1) is 62.0. The Kier molecular flexibility index (Phi) is 24.1. The van der Waals surface area contributed by atoms with Crippen LogP contribution in [0.1, 0.15) is 129 Å². The molecule has 0 radical (unpaired) electrons. The molecule has 0 aromatic heterocycles. The minimum atomic E-state index is -2.36. The van der Waals surface area contributed by atoms with Crippen LogP contribution >= 0.6 is 0 Å². The molecule has 25 heteroatoms. The summed E-state index contributed by atoms with van der Waals surface area (Å²) >= 11 is 0. The highest BCUT2D eigenvalue weighted by Crippen LogP contribution is 2.27. The van der Waals surface area contributed by atoms with Gasteiger partial charge in [-0.05, 0) is 55.7 Å². The molecule has 0 saturated carbocycles. The minimum absolute atomic E-state index is 0.0795. The van der Waals surface area contributed by atoms with Gasteiger partial charge >= 0.3 is 0 Å². The number of nitrogens with two attached hydrogens (primary N) is 1. The number of aromatic hydroxyl groups is 1. The first-order valence-electron chi connectivity index (χ1n) is 26.0. The number of primary amides is 1. The number of aliphatic hydroxyl groups excluding tert-OH is 8. The maximum absolute atomic E-state index is 14.4. The second kappa shape index (κ2) is 29.1. The zero-order valence-electron chi connectivity index (χ0n) is 43.1. The van der Waals surface area contributed by atoms with Gasteiger partial charge in [0.25, 0.3) is 0 Å². The van der Waals surface area contributed by atoms with Gasteiger partial charge in [-0.3, -0.25) is 38.4 Å². The number of hydrogen-bond acceptors (Lipinski definition) is 17. The zero-order valence-corrected chi connectivity index (χ0v) is 43.1. The van der Waals surface area contributed by atoms with E-state index in [1.165, 1.54) is 6.42 Å². The fourth-order valence-corrected chi connectivity index (χ4v) is 9.79. The highest BCUT2D eigenvalue weighted by molar-refractivity contribution is 5.98. The van der Waals surface area contributed by atoms with E-state index >= 15 is 0 Å². The van der Waals surface area contributed by atoms with Crippen molar-refractivity contribution < 1.29 is 84.3 Å². The highest BCUT2D eigenvalue weighted by Gasteiger charge is 2.49. The Morgan fingerprint density at radius 1 is 0.720 bits per heavy atom. The first-order valence-corrected chi connectivity index (χ1v) is 26.0. The van der Waals surface area contributed by atoms with E-state index in [1.54, 1.807) is 0 Å². The predicted molar refractivity (Wildman–Crippen MR) is 265 cm³/mol. The predicted octanol–water partition coefficient (Wildman–Crippen LogP) is -3.34. The summed E-state index contributed by atoms with van der Waals surface area (Å²) < 4.78 is 0. The van der Waals surface area contributed by atoms with E-state index < -0.39 is 165 Å². The van der Waals surface area contributed by atoms with Gasteiger partial charge in [0.1, 0.15) is 60.3 Å². The molecule has 2 unspecified atom stereocenters. The molecule has 75 heavy (non-hydrogen) atoms. The van der Waals surface area contributed by atoms with Crippen molar-refractivity contribution in [2.75, 3.05) is 13.1 Å². The molecular weight excluding hydrogens is 985 g/mol. The smallest absolute Gasteiger partial charge is 0.248 e. The molecule has 8 amide bonds. The lowest BCUT2D eigenvalue weighted by Crippen LogP contribution is -2.64. The van der Waals surface area contributed by atoms with Gasteiger partial charge in [0.05, 0.1) is 30.8 Å². The molecular formula is C50H80N8O17. The van der Waals surface area contributed by atoms with Gasteiger partial charge in [0, 0.05) is 32.4 Å². The number of unbranched alkanes of at least 4 members (excludes halogenated alkanes) is 5. The molecule has 25 nitrogen and oxygen atoms in total. The van der Waals surface area contributed by atoms with E-state index in [9.17, 15) is 84.3 Å². The summed E-state index contributed by atoms with van der Waals surface area (Å²) in [6, 6.07) is -7.37. The van der Waals surface area contributed by atoms with Crippen molar-refractivity contribution in [2.24, 2.45) is 17.6 Å². The van der Waals surface area contributed by atoms with E-state index in [0.29, 0.717) is 29.6 Å². The first-order chi connectivity index (χ1) is 35.3. The maximum atomic E-state index is 14.4. The fourth-order valence-electron chi connectivity index (χ4n) is 9.79. The van der Waals surface area contributed by atoms with Crippen LogP contribution in [0.25, 0.3) is 0 Å². The maximum Gasteiger partial charge on any atom is 0.248 e. The lowest BCUT2D eigenvalue weighted by Gasteiger charge is -2.34. The SMILES string of the molecule is CCC(C)CC(C)CCCCCCCCC(=O)N[C@@H]1C[C@@H](O)[C@@H](O)NC(=O)[C@@H]2[C@@H](O)CCN2C(=O)[C@H]([C@H](O)CC(N)=O)NC(=O)[C@H]([C@H](O)[C@@H](O)c2ccc(O)cc2)NC(=O)[C@@H]2C[C@@H](O)CN2C(=O)[C@H]([C@@H](C)O)NC1=O. The summed E-state index contributed by atoms with van der Waals surface area (Å²) in [6.45, 7) is 6.76. The standard InChI is InChI=1S/C50H80N8O17/c1-5-25(2)20-26(3)12-10-8-6-7-9-11-13-37(66)52-31-22-35(64)46(71)56-48(73)41-33(62)18-19-57(41)50(75)39(34(63)23-36(51)65)54-47(72)40(43(68)42(67)28-14-16-29(60)17-15-28)55-45(70)32-21-30(61)24-58(32)49(74)38(27(4)59)53-44(31)69/h14-17,25-27,30-35,38-43,46,59-64,67-68,71H,5-13,18-24H2,1-4H3,(H2,51,65)(H,52,66)(H,53,69)(H,54,72)(H,55,70)(H,56,73)/t25?,26?,27-,30-,31-,32+,33+,34-,35-,38+,39+,40+,41+,42+,43+,46-/m1/s1. The van der Waals surface area contributed by atoms with Crippen LogP contribution in [-0.4, -0.2) is 195 Å². The lowest BCUT2D eigenvalue weighted by atomic mass is 9.91. The molecule has 1 aromatic rings. The molecule has 0 bridgehead atoms. The number of nitrogens with zero attached hydrogens (tertiary/aromatic N) is 2. The number of fused-ring (bicyclic) bond motifs is 2. The normalized spacial score (nSPS) is 29.0. The highest BCUT2D eigenvalue weighted by atomic mass is 16.3. The summed E-state index contributed by atoms with van der Waals surface area (Å²) in [4.78, 5) is 112. The van der Waals surface area contributed by atoms with Crippen molar-refractivity contribution in [2.45, 2.75) is 203 Å². The van der Waals surface area contributed by atoms with Crippen molar-refractivity contribution in [1.29, 1.82) is 0 Å². The average molecular weight is 1070 g/mol. The number of carbonyl (C=O) groups is 8. The fraction of sp³-hybridized carbons (Fsp3) is 0.720. The van der Waals surface area contributed by atoms with Gasteiger partial charge < -0.3 is 88.1 Å². The Morgan fingerprint density at radius 3 is 1.95 bits per heavy atom. The molecule has 3 aliphatic heterocycles. The van der Waals surface area contributed by atoms with E-state index in [0.717, 1.165) is 74.6 Å². The summed E-state index contributed by atoms with van der Waals surface area (Å²) in [5.74, 6) is -8.59. The third kappa shape index (κ3) is 17.8. The Morgan fingerprint density at radius 2 is 1.32 bits per heavy atom. The zero-order chi connectivity index (χ0) is 55.8. The molecule has 0 aliphatic carbocycles. The molecule has 3 fully saturated rings. The van der Waals surface area contributed by atoms with Crippen LogP contribution in [0.15, 0.2) is 24.3 Å². The number of aliphatic hydroxyl groups is 8. The summed E-state index contributed by atoms with van der Waals surface area (Å²) in [5, 5.41) is 110. The Labute approximate surface area is 436 Å². The molecule has 0 spiro atoms. The van der Waals surface area contributed by atoms with E-state index in [1.807, 2.05) is 0 Å². The number of hydrogen-bond donors (Lipinski definition) is 15. The summed E-state index contributed by atoms with van der Waals surface area (Å²) in [7, 11) is 0. The number of rotatable bonds is 20. The Bertz CT molecular complexity index is 2100. The van der Waals surface area contributed by atoms with Crippen LogP contribution in [0.3, 0.4) is 0 Å². The van der Waals surface area contributed by atoms with Crippen LogP contribution < -0.4 is 32.3 Å². The molecule has 422 valence electrons. The lowest BCUT2D eigenvalue weighted by molar-refractivity contribution is -0.149. The van der Waals surface area contributed by atoms with E-state index in [4.69, 9.17) is 5.73 Å². The third-order valence-electron chi connectivity index (χ3n) is 14.3. The molecule has 3 aliphatic rings. The van der Waals surface area contributed by atoms with Gasteiger partial charge in [-0.2, -0.15) is 0 Å². The number of amides is 8. The van der Waals surface area contributed by atoms with Crippen molar-refractivity contribution in [1.82, 2.24) is 36.4 Å². The Balaban J connectivity index is 1.69. The number of phenolic OH excluding ortho intramolecular Hbond substituents is 1. The van der Waals surface area contributed by atoms with Crippen molar-refractivity contribution in [3.05, 3.63) is 29.8 Å². The average Bonchev–Trinajstić information content (AvgIpc) is 3.95. The van der Waals surface area contributed by atoms with Crippen molar-refractivity contribution >= 4 is 47.3 Å². The van der Waals surface area contributed by atoms with Crippen molar-refractivity contribution in [3.63, 3.8) is 0 Å². The van der Waals surface area contributed by atoms with Crippen LogP contribution in [0.4, 0.5) is 0 Å². The van der Waals surface area contributed by atoms with Gasteiger partial charge in [-0.1, -0.05) is 77.8 Å². The van der Waals surface area contributed by atoms with Crippen molar-refractivity contribution in [3.8, 4) is 5.75 Å². The molecule has 4 rings (SSSR count). The number of benzene rings is 1. The van der Waals surface area contributed by atoms with Gasteiger partial charge in [0.2, 0.25) is 47.3 Å². The largest absolute Gasteiger partial charge is 0.508 e. The number of carbonyl (C=O) groups excluding carboxylic acids is 8. The molecule has 16 N–H and O–H groups in total. The minimum Gasteiger partial charge on any atom is -0.508 e. The van der Waals surface area contributed by atoms with Gasteiger partial charge in [-0.25, -0.2) is 0 Å². The molecule has 3 saturated heterocycles. The molecule has 3 heterocycles. The summed E-state index contributed by atoms with van der Waals surface area (Å²) in [5.41, 5.74) is 5.21. The second-order valence-corrected chi connectivity index (χ2v) is 20.6. The van der Waals surface area contributed by atoms with Crippen LogP contribution in [0, 0.1) is 11.8 Å².